The lowest BCUT2D eigenvalue weighted by Crippen LogP contribution is -2.65. The first-order valence-electron chi connectivity index (χ1n) is 50.9. The van der Waals surface area contributed by atoms with Gasteiger partial charge in [-0.1, -0.05) is 226 Å². The molecule has 0 aliphatic heterocycles. The summed E-state index contributed by atoms with van der Waals surface area (Å²) >= 11 is 0. The molecule has 11 atom stereocenters. The quantitative estimate of drug-likeness (QED) is 0.0255. The van der Waals surface area contributed by atoms with Crippen LogP contribution in [0.3, 0.4) is 0 Å². The smallest absolute Gasteiger partial charge is 0.333 e. The topological polar surface area (TPSA) is 132 Å². The maximum atomic E-state index is 12.6. The van der Waals surface area contributed by atoms with Crippen LogP contribution in [0.2, 0.25) is 0 Å². The van der Waals surface area contributed by atoms with Crippen molar-refractivity contribution in [2.24, 2.45) is 134 Å². The number of esters is 5. The van der Waals surface area contributed by atoms with E-state index in [0.717, 1.165) is 42.4 Å². The van der Waals surface area contributed by atoms with Crippen molar-refractivity contribution in [3.05, 3.63) is 61.8 Å². The minimum atomic E-state index is -0.224. The molecule has 0 radical (unpaired) electrons. The largest absolute Gasteiger partial charge is 0.455 e. The summed E-state index contributed by atoms with van der Waals surface area (Å²) in [5.41, 5.74) is 3.21. The highest BCUT2D eigenvalue weighted by Crippen LogP contribution is 2.72. The first-order valence-corrected chi connectivity index (χ1v) is 50.9. The van der Waals surface area contributed by atoms with E-state index in [0.29, 0.717) is 121 Å². The van der Waals surface area contributed by atoms with Crippen LogP contribution in [0, 0.1) is 134 Å². The Hall–Kier alpha value is -3.95. The van der Waals surface area contributed by atoms with E-state index in [1.165, 1.54) is 320 Å². The number of rotatable bonds is 38. The average molecular weight is 1650 g/mol. The molecule has 0 aromatic rings. The number of hydrogen-bond donors (Lipinski definition) is 0. The standard InChI is InChI=1S/C23H38O2.2C22H36O2.2C21H34O2/c1-6-7-8-9-10-17(4)23(25-21(24)16(2)3)19-11-18-12-20(23)15-22(5,13-18)14-19;1-6-8-17(9-7-2)22(24-20(23)15(3)4)18-10-16-11-19(22)14-21(5,12-16)13-18;1-5-6-7-8-9-10-22(24-20(23)16(2)3)18-11-17-12-19(22)15-21(4,13-17)14-18;1-5-8-16(9-6-2)21(23-19(22)7-3)17-10-15-11-18(21)14-20(4,12-15)13-17;1-4-6-7-8-9-10-21(23-19(22)5-2)17-11-16-12-18(21)15-20(3,13-16)14-17/h17-20H,2,6-15H2,1,3-5H3;16-19H,3,6-14H2,1-2,4-5H3;17-19H,2,5-15H2,1,3-4H3;7,15-18H,3,5-6,8-14H2,1-2,4H3;5,16-18H,2,4,6-15H2,1,3H3. The molecule has 0 saturated heterocycles. The summed E-state index contributed by atoms with van der Waals surface area (Å²) in [4.78, 5) is 62.0. The molecule has 10 nitrogen and oxygen atoms in total. The van der Waals surface area contributed by atoms with E-state index in [1.54, 1.807) is 20.8 Å². The van der Waals surface area contributed by atoms with E-state index in [-0.39, 0.29) is 57.9 Å². The van der Waals surface area contributed by atoms with Crippen molar-refractivity contribution in [2.45, 2.75) is 460 Å². The number of carbonyl (C=O) groups is 5. The van der Waals surface area contributed by atoms with Gasteiger partial charge in [-0.2, -0.15) is 0 Å². The Bertz CT molecular complexity index is 3370. The van der Waals surface area contributed by atoms with Crippen LogP contribution in [0.5, 0.6) is 0 Å². The first kappa shape index (κ1) is 95.7. The van der Waals surface area contributed by atoms with Crippen molar-refractivity contribution in [3.8, 4) is 0 Å². The Kier molecular flexibility index (Phi) is 32.1. The fourth-order valence-electron chi connectivity index (χ4n) is 33.1. The zero-order valence-corrected chi connectivity index (χ0v) is 79.5. The van der Waals surface area contributed by atoms with Crippen LogP contribution in [0.1, 0.15) is 432 Å². The molecule has 0 aromatic carbocycles. The highest BCUT2D eigenvalue weighted by atomic mass is 16.6. The molecule has 10 heteroatoms. The monoisotopic (exact) mass is 1650 g/mol. The van der Waals surface area contributed by atoms with E-state index in [2.05, 4.69) is 123 Å². The van der Waals surface area contributed by atoms with Gasteiger partial charge < -0.3 is 23.7 Å². The van der Waals surface area contributed by atoms with E-state index in [4.69, 9.17) is 23.7 Å². The zero-order chi connectivity index (χ0) is 86.3. The minimum Gasteiger partial charge on any atom is -0.455 e. The van der Waals surface area contributed by atoms with E-state index in [1.807, 2.05) is 0 Å². The third kappa shape index (κ3) is 20.5. The lowest BCUT2D eigenvalue weighted by Gasteiger charge is -2.66. The van der Waals surface area contributed by atoms with Crippen LogP contribution in [0.4, 0.5) is 0 Å². The summed E-state index contributed by atoms with van der Waals surface area (Å²) in [5, 5.41) is 0. The van der Waals surface area contributed by atoms with Crippen LogP contribution < -0.4 is 0 Å². The lowest BCUT2D eigenvalue weighted by atomic mass is 9.42. The van der Waals surface area contributed by atoms with Gasteiger partial charge in [0.1, 0.15) is 28.0 Å². The highest BCUT2D eigenvalue weighted by Gasteiger charge is 2.70. The van der Waals surface area contributed by atoms with E-state index >= 15 is 0 Å². The maximum Gasteiger partial charge on any atom is 0.333 e. The van der Waals surface area contributed by atoms with Crippen LogP contribution in [-0.2, 0) is 47.7 Å². The minimum absolute atomic E-state index is 0.148. The van der Waals surface area contributed by atoms with Crippen molar-refractivity contribution in [1.82, 2.24) is 0 Å². The van der Waals surface area contributed by atoms with Gasteiger partial charge in [-0.15, -0.1) is 0 Å². The maximum absolute atomic E-state index is 12.6. The zero-order valence-electron chi connectivity index (χ0n) is 79.5. The van der Waals surface area contributed by atoms with Gasteiger partial charge in [0.25, 0.3) is 0 Å². The number of carbonyl (C=O) groups excluding carboxylic acids is 5. The lowest BCUT2D eigenvalue weighted by molar-refractivity contribution is -0.241. The molecule has 20 aliphatic rings. The Labute approximate surface area is 728 Å². The number of ether oxygens (including phenoxy) is 5. The molecule has 20 saturated carbocycles. The van der Waals surface area contributed by atoms with Crippen molar-refractivity contribution in [3.63, 3.8) is 0 Å². The Balaban J connectivity index is 0.000000146. The normalized spacial score (nSPS) is 40.5. The fourth-order valence-corrected chi connectivity index (χ4v) is 33.1. The summed E-state index contributed by atoms with van der Waals surface area (Å²) in [6, 6.07) is 0. The van der Waals surface area contributed by atoms with Crippen LogP contribution in [0.25, 0.3) is 0 Å². The van der Waals surface area contributed by atoms with E-state index in [9.17, 15) is 24.0 Å². The molecule has 0 N–H and O–H groups in total. The molecule has 0 amide bonds. The highest BCUT2D eigenvalue weighted by molar-refractivity contribution is 5.88. The van der Waals surface area contributed by atoms with Gasteiger partial charge in [0.05, 0.1) is 0 Å². The average Bonchev–Trinajstić information content (AvgIpc) is 0.718. The Morgan fingerprint density at radius 2 is 0.546 bits per heavy atom. The Morgan fingerprint density at radius 1 is 0.303 bits per heavy atom. The fraction of sp³-hybridized carbons (Fsp3) is 0.862. The summed E-state index contributed by atoms with van der Waals surface area (Å²) in [6.45, 7) is 54.8. The predicted octanol–water partition coefficient (Wildman–Crippen LogP) is 29.4. The second-order valence-electron chi connectivity index (χ2n) is 46.6. The molecule has 20 rings (SSSR count). The second kappa shape index (κ2) is 39.9. The summed E-state index contributed by atoms with van der Waals surface area (Å²) in [5.74, 6) is 10.8. The van der Waals surface area contributed by atoms with E-state index < -0.39 is 0 Å². The third-order valence-electron chi connectivity index (χ3n) is 36.3. The molecule has 0 spiro atoms. The summed E-state index contributed by atoms with van der Waals surface area (Å²) in [6.07, 6.45) is 65.9. The molecule has 0 heterocycles. The second-order valence-corrected chi connectivity index (χ2v) is 46.6. The van der Waals surface area contributed by atoms with Gasteiger partial charge in [-0.3, -0.25) is 0 Å². The van der Waals surface area contributed by atoms with Gasteiger partial charge in [0, 0.05) is 64.4 Å². The van der Waals surface area contributed by atoms with Gasteiger partial charge >= 0.3 is 29.8 Å². The third-order valence-corrected chi connectivity index (χ3v) is 36.3. The molecular weight excluding hydrogens is 1470 g/mol. The molecule has 11 unspecified atom stereocenters. The van der Waals surface area contributed by atoms with Gasteiger partial charge in [-0.05, 0) is 337 Å². The van der Waals surface area contributed by atoms with Crippen molar-refractivity contribution >= 4 is 29.8 Å². The van der Waals surface area contributed by atoms with Gasteiger partial charge in [0.15, 0.2) is 0 Å². The van der Waals surface area contributed by atoms with Crippen LogP contribution in [-0.4, -0.2) is 57.9 Å². The molecular formula is C109H178O10. The molecule has 20 bridgehead atoms. The van der Waals surface area contributed by atoms with Gasteiger partial charge in [0.2, 0.25) is 0 Å². The van der Waals surface area contributed by atoms with Crippen LogP contribution in [0.15, 0.2) is 61.8 Å². The van der Waals surface area contributed by atoms with Gasteiger partial charge in [-0.25, -0.2) is 24.0 Å². The molecule has 20 aliphatic carbocycles. The van der Waals surface area contributed by atoms with Crippen molar-refractivity contribution < 1.29 is 47.7 Å². The summed E-state index contributed by atoms with van der Waals surface area (Å²) < 4.78 is 31.6. The number of unbranched alkanes of at least 4 members (excludes halogenated alkanes) is 11. The molecule has 20 fully saturated rings. The molecule has 119 heavy (non-hydrogen) atoms. The van der Waals surface area contributed by atoms with Crippen molar-refractivity contribution in [2.75, 3.05) is 0 Å². The first-order chi connectivity index (χ1) is 56.5. The Morgan fingerprint density at radius 3 is 0.832 bits per heavy atom. The van der Waals surface area contributed by atoms with Crippen LogP contribution >= 0.6 is 0 Å². The van der Waals surface area contributed by atoms with Crippen molar-refractivity contribution in [1.29, 1.82) is 0 Å². The number of hydrogen-bond acceptors (Lipinski definition) is 10. The summed E-state index contributed by atoms with van der Waals surface area (Å²) in [7, 11) is 0. The predicted molar refractivity (Wildman–Crippen MR) is 489 cm³/mol. The molecule has 0 aromatic heterocycles. The SMILES string of the molecule is C=C(C)C(=O)OC1(C(C)CCCCCC)C2CC3CC1CC(C)(C3)C2.C=C(C)C(=O)OC1(C(CCC)CCC)C2CC3CC1CC(C)(C3)C2.C=C(C)C(=O)OC1(CCCCCCC)C2CC3CC1CC(C)(C3)C2.C=CC(=O)OC1(C(CCC)CCC)C2CC3CC1CC(C)(C3)C2.C=CC(=O)OC1(CCCCCCC)C2CC3CC1CC(C)(C3)C2. The molecule has 674 valence electrons.